The number of nitrogens with one attached hydrogen (secondary N) is 1. The van der Waals surface area contributed by atoms with Crippen LogP contribution in [0.4, 0.5) is 0 Å². The van der Waals surface area contributed by atoms with Gasteiger partial charge in [0.05, 0.1) is 32.0 Å². The summed E-state index contributed by atoms with van der Waals surface area (Å²) in [6, 6.07) is -0.822. The van der Waals surface area contributed by atoms with E-state index in [1.807, 2.05) is 0 Å². The van der Waals surface area contributed by atoms with Crippen LogP contribution in [0.1, 0.15) is 303 Å². The molecule has 0 aromatic rings. The predicted molar refractivity (Wildman–Crippen MR) is 309 cm³/mol. The van der Waals surface area contributed by atoms with E-state index in [1.54, 1.807) is 0 Å². The largest absolute Gasteiger partial charge is 0.394 e. The first kappa shape index (κ1) is 72.1. The average Bonchev–Trinajstić information content (AvgIpc) is 3.43. The number of hydrogen-bond donors (Lipinski definition) is 9. The quantitative estimate of drug-likeness (QED) is 0.0259. The molecule has 0 aliphatic carbocycles. The number of ether oxygens (including phenoxy) is 4. The van der Waals surface area contributed by atoms with Gasteiger partial charge < -0.3 is 65.1 Å². The van der Waals surface area contributed by atoms with Crippen molar-refractivity contribution in [1.82, 2.24) is 5.32 Å². The Labute approximate surface area is 470 Å². The molecule has 0 saturated carbocycles. The molecule has 2 aliphatic heterocycles. The number of amides is 1. The third-order valence-electron chi connectivity index (χ3n) is 16.6. The fourth-order valence-corrected chi connectivity index (χ4v) is 11.3. The summed E-state index contributed by atoms with van der Waals surface area (Å²) in [5, 5.41) is 87.2. The lowest BCUT2D eigenvalue weighted by Gasteiger charge is -2.46. The number of unbranched alkanes of at least 4 members (excludes halogenated alkanes) is 41. The Morgan fingerprint density at radius 3 is 1.10 bits per heavy atom. The maximum atomic E-state index is 13.3. The van der Waals surface area contributed by atoms with Crippen LogP contribution in [0, 0.1) is 0 Å². The highest BCUT2D eigenvalue weighted by Gasteiger charge is 2.51. The molecule has 9 N–H and O–H groups in total. The van der Waals surface area contributed by atoms with Crippen LogP contribution < -0.4 is 5.32 Å². The fraction of sp³-hybridized carbons (Fsp3) is 0.984. The lowest BCUT2D eigenvalue weighted by Crippen LogP contribution is -2.65. The van der Waals surface area contributed by atoms with Gasteiger partial charge in [0.1, 0.15) is 48.8 Å². The van der Waals surface area contributed by atoms with Crippen LogP contribution in [0.3, 0.4) is 0 Å². The molecule has 0 radical (unpaired) electrons. The van der Waals surface area contributed by atoms with Crippen LogP contribution in [0.25, 0.3) is 0 Å². The molecule has 1 amide bonds. The number of carbonyl (C=O) groups is 1. The van der Waals surface area contributed by atoms with E-state index >= 15 is 0 Å². The van der Waals surface area contributed by atoms with Gasteiger partial charge in [-0.3, -0.25) is 4.79 Å². The summed E-state index contributed by atoms with van der Waals surface area (Å²) in [5.41, 5.74) is 0. The molecule has 0 spiro atoms. The Balaban J connectivity index is 1.60. The normalized spacial score (nSPS) is 24.6. The van der Waals surface area contributed by atoms with Gasteiger partial charge in [-0.1, -0.05) is 284 Å². The van der Waals surface area contributed by atoms with Gasteiger partial charge in [-0.05, 0) is 12.8 Å². The summed E-state index contributed by atoms with van der Waals surface area (Å²) in [6.45, 7) is 2.89. The van der Waals surface area contributed by atoms with Gasteiger partial charge in [-0.15, -0.1) is 0 Å². The number of hydrogen-bond acceptors (Lipinski definition) is 13. The number of rotatable bonds is 54. The van der Waals surface area contributed by atoms with Crippen molar-refractivity contribution in [3.05, 3.63) is 0 Å². The molecular weight excluding hydrogens is 979 g/mol. The average molecular weight is 1100 g/mol. The first-order valence-corrected chi connectivity index (χ1v) is 32.8. The summed E-state index contributed by atoms with van der Waals surface area (Å²) >= 11 is 0. The zero-order chi connectivity index (χ0) is 56.0. The van der Waals surface area contributed by atoms with E-state index in [0.29, 0.717) is 12.8 Å². The van der Waals surface area contributed by atoms with E-state index < -0.39 is 86.8 Å². The molecule has 2 heterocycles. The van der Waals surface area contributed by atoms with Crippen molar-refractivity contribution < 1.29 is 64.6 Å². The van der Waals surface area contributed by atoms with Crippen LogP contribution in [0.5, 0.6) is 0 Å². The third kappa shape index (κ3) is 34.9. The smallest absolute Gasteiger partial charge is 0.220 e. The lowest BCUT2D eigenvalue weighted by molar-refractivity contribution is -0.359. The minimum Gasteiger partial charge on any atom is -0.394 e. The van der Waals surface area contributed by atoms with Crippen molar-refractivity contribution in [3.8, 4) is 0 Å². The summed E-state index contributed by atoms with van der Waals surface area (Å²) in [7, 11) is 0. The molecule has 14 heteroatoms. The van der Waals surface area contributed by atoms with Crippen molar-refractivity contribution in [2.24, 2.45) is 0 Å². The van der Waals surface area contributed by atoms with E-state index in [1.165, 1.54) is 225 Å². The molecule has 12 unspecified atom stereocenters. The molecule has 0 aromatic heterocycles. The van der Waals surface area contributed by atoms with Gasteiger partial charge in [-0.2, -0.15) is 0 Å². The Kier molecular flexibility index (Phi) is 46.4. The molecule has 0 aromatic carbocycles. The van der Waals surface area contributed by atoms with E-state index in [0.717, 1.165) is 51.4 Å². The second-order valence-electron chi connectivity index (χ2n) is 23.6. The van der Waals surface area contributed by atoms with Gasteiger partial charge in [0, 0.05) is 6.42 Å². The van der Waals surface area contributed by atoms with Crippen LogP contribution in [-0.4, -0.2) is 140 Å². The Hall–Kier alpha value is -1.01. The zero-order valence-electron chi connectivity index (χ0n) is 49.5. The lowest BCUT2D eigenvalue weighted by atomic mass is 9.97. The summed E-state index contributed by atoms with van der Waals surface area (Å²) in [4.78, 5) is 13.3. The van der Waals surface area contributed by atoms with Crippen molar-refractivity contribution in [3.63, 3.8) is 0 Å². The van der Waals surface area contributed by atoms with Gasteiger partial charge >= 0.3 is 0 Å². The second kappa shape index (κ2) is 49.6. The second-order valence-corrected chi connectivity index (χ2v) is 23.6. The van der Waals surface area contributed by atoms with Crippen LogP contribution >= 0.6 is 0 Å². The molecule has 2 saturated heterocycles. The van der Waals surface area contributed by atoms with Gasteiger partial charge in [-0.25, -0.2) is 0 Å². The highest BCUT2D eigenvalue weighted by Crippen LogP contribution is 2.30. The SMILES string of the molecule is CCCCCCCCCCCCCCCCCCCCCCCCCCCCCCCCCC(=O)NC(COC1OC(CO)C(OC2OC(CO)C(O)C(O)C2O)C(O)C1O)C(O)CCCCCCCCCCCCCC. The molecule has 2 rings (SSSR count). The maximum absolute atomic E-state index is 13.3. The Morgan fingerprint density at radius 1 is 0.416 bits per heavy atom. The van der Waals surface area contributed by atoms with Crippen LogP contribution in [-0.2, 0) is 23.7 Å². The first-order chi connectivity index (χ1) is 37.6. The van der Waals surface area contributed by atoms with Crippen molar-refractivity contribution in [2.75, 3.05) is 19.8 Å². The highest BCUT2D eigenvalue weighted by atomic mass is 16.7. The van der Waals surface area contributed by atoms with Gasteiger partial charge in [0.25, 0.3) is 0 Å². The molecular formula is C63H123NO13. The molecule has 77 heavy (non-hydrogen) atoms. The molecule has 0 bridgehead atoms. The predicted octanol–water partition coefficient (Wildman–Crippen LogP) is 12.1. The van der Waals surface area contributed by atoms with Gasteiger partial charge in [0.15, 0.2) is 12.6 Å². The molecule has 14 nitrogen and oxygen atoms in total. The van der Waals surface area contributed by atoms with Crippen molar-refractivity contribution in [2.45, 2.75) is 376 Å². The monoisotopic (exact) mass is 1100 g/mol. The minimum atomic E-state index is -1.78. The van der Waals surface area contributed by atoms with Gasteiger partial charge in [0.2, 0.25) is 5.91 Å². The number of aliphatic hydroxyl groups is 8. The van der Waals surface area contributed by atoms with E-state index in [4.69, 9.17) is 18.9 Å². The fourth-order valence-electron chi connectivity index (χ4n) is 11.3. The van der Waals surface area contributed by atoms with Crippen LogP contribution in [0.15, 0.2) is 0 Å². The van der Waals surface area contributed by atoms with Crippen molar-refractivity contribution >= 4 is 5.91 Å². The molecule has 458 valence electrons. The Bertz CT molecular complexity index is 1300. The topological polar surface area (TPSA) is 228 Å². The van der Waals surface area contributed by atoms with E-state index in [9.17, 15) is 45.6 Å². The number of aliphatic hydroxyl groups excluding tert-OH is 8. The highest BCUT2D eigenvalue weighted by molar-refractivity contribution is 5.76. The summed E-state index contributed by atoms with van der Waals surface area (Å²) in [6.07, 6.45) is 40.0. The molecule has 2 aliphatic rings. The maximum Gasteiger partial charge on any atom is 0.220 e. The van der Waals surface area contributed by atoms with E-state index in [2.05, 4.69) is 19.2 Å². The zero-order valence-corrected chi connectivity index (χ0v) is 49.5. The third-order valence-corrected chi connectivity index (χ3v) is 16.6. The first-order valence-electron chi connectivity index (χ1n) is 32.8. The number of carbonyl (C=O) groups excluding carboxylic acids is 1. The molecule has 2 fully saturated rings. The van der Waals surface area contributed by atoms with Crippen LogP contribution in [0.2, 0.25) is 0 Å². The standard InChI is InChI=1S/C63H123NO13/c1-3-5-7-9-11-13-15-17-18-19-20-21-22-23-24-25-26-27-28-29-30-31-32-33-34-35-37-39-41-43-45-47-55(68)64-51(52(67)46-44-42-40-38-36-16-14-12-10-8-6-4-2)50-74-62-60(73)58(71)61(54(49-66)76-62)77-63-59(72)57(70)56(69)53(48-65)75-63/h51-54,56-63,65-67,69-73H,3-50H2,1-2H3,(H,64,68). The van der Waals surface area contributed by atoms with E-state index in [-0.39, 0.29) is 12.5 Å². The summed E-state index contributed by atoms with van der Waals surface area (Å²) in [5.74, 6) is -0.200. The van der Waals surface area contributed by atoms with Crippen molar-refractivity contribution in [1.29, 1.82) is 0 Å². The Morgan fingerprint density at radius 2 is 0.740 bits per heavy atom. The minimum absolute atomic E-state index is 0.200. The molecule has 12 atom stereocenters. The summed E-state index contributed by atoms with van der Waals surface area (Å²) < 4.78 is 22.8.